The molecule has 1 aliphatic rings. The maximum Gasteiger partial charge on any atom is 0.344 e. The second-order valence-corrected chi connectivity index (χ2v) is 6.02. The van der Waals surface area contributed by atoms with Crippen molar-refractivity contribution in [3.63, 3.8) is 0 Å². The van der Waals surface area contributed by atoms with Gasteiger partial charge in [0.05, 0.1) is 17.5 Å². The maximum absolute atomic E-state index is 12.8. The average molecular weight is 380 g/mol. The zero-order valence-corrected chi connectivity index (χ0v) is 15.5. The van der Waals surface area contributed by atoms with Gasteiger partial charge in [-0.15, -0.1) is 0 Å². The number of nitrogens with one attached hydrogen (secondary N) is 1. The highest BCUT2D eigenvalue weighted by molar-refractivity contribution is 5.94. The van der Waals surface area contributed by atoms with E-state index >= 15 is 0 Å². The highest BCUT2D eigenvalue weighted by Crippen LogP contribution is 2.23. The molecule has 0 radical (unpaired) electrons. The molecule has 1 aromatic heterocycles. The van der Waals surface area contributed by atoms with Crippen molar-refractivity contribution >= 4 is 23.5 Å². The molecule has 1 N–H and O–H groups in total. The lowest BCUT2D eigenvalue weighted by Gasteiger charge is -2.38. The van der Waals surface area contributed by atoms with Gasteiger partial charge in [-0.2, -0.15) is 0 Å². The Balaban J connectivity index is 1.93. The van der Waals surface area contributed by atoms with Gasteiger partial charge in [-0.05, 0) is 31.2 Å². The number of carbonyl (C=O) groups is 3. The molecule has 1 unspecified atom stereocenters. The molecule has 8 nitrogen and oxygen atoms in total. The summed E-state index contributed by atoms with van der Waals surface area (Å²) in [5.41, 5.74) is 0.891. The Morgan fingerprint density at radius 1 is 1.18 bits per heavy atom. The zero-order chi connectivity index (χ0) is 20.1. The Kier molecular flexibility index (Phi) is 5.69. The third kappa shape index (κ3) is 4.01. The molecule has 3 rings (SSSR count). The Bertz CT molecular complexity index is 899. The standard InChI is InChI=1S/C20H20N4O4/c1-3-23-13-17(28-20(27)15-8-5-4-6-9-15)24(14(2)25)18(19(23)26)22-16-10-7-11-21-12-16/h4-13,18,22H,3H2,1-2H3. The minimum Gasteiger partial charge on any atom is -0.404 e. The van der Waals surface area contributed by atoms with E-state index in [4.69, 9.17) is 4.74 Å². The molecule has 144 valence electrons. The number of hydrogen-bond acceptors (Lipinski definition) is 6. The summed E-state index contributed by atoms with van der Waals surface area (Å²) in [6, 6.07) is 11.9. The van der Waals surface area contributed by atoms with Crippen LogP contribution in [0.5, 0.6) is 0 Å². The molecule has 28 heavy (non-hydrogen) atoms. The Hall–Kier alpha value is -3.68. The number of nitrogens with zero attached hydrogens (tertiary/aromatic N) is 3. The number of ether oxygens (including phenoxy) is 1. The second-order valence-electron chi connectivity index (χ2n) is 6.02. The number of aromatic nitrogens is 1. The van der Waals surface area contributed by atoms with E-state index in [1.54, 1.807) is 55.6 Å². The molecule has 0 saturated carbocycles. The van der Waals surface area contributed by atoms with E-state index in [2.05, 4.69) is 10.3 Å². The van der Waals surface area contributed by atoms with Crippen molar-refractivity contribution in [1.82, 2.24) is 14.8 Å². The van der Waals surface area contributed by atoms with Gasteiger partial charge in [0.2, 0.25) is 11.8 Å². The predicted octanol–water partition coefficient (Wildman–Crippen LogP) is 2.19. The van der Waals surface area contributed by atoms with Crippen molar-refractivity contribution in [2.24, 2.45) is 0 Å². The largest absolute Gasteiger partial charge is 0.404 e. The van der Waals surface area contributed by atoms with Crippen molar-refractivity contribution in [3.05, 3.63) is 72.5 Å². The quantitative estimate of drug-likeness (QED) is 0.800. The fourth-order valence-corrected chi connectivity index (χ4v) is 2.77. The van der Waals surface area contributed by atoms with Crippen LogP contribution in [-0.4, -0.2) is 45.3 Å². The smallest absolute Gasteiger partial charge is 0.344 e. The first-order valence-corrected chi connectivity index (χ1v) is 8.77. The molecule has 0 bridgehead atoms. The molecule has 2 amide bonds. The Labute approximate surface area is 162 Å². The number of carbonyl (C=O) groups excluding carboxylic acids is 3. The molecule has 0 aliphatic carbocycles. The lowest BCUT2D eigenvalue weighted by atomic mass is 10.2. The molecule has 0 saturated heterocycles. The normalized spacial score (nSPS) is 16.4. The van der Waals surface area contributed by atoms with Crippen LogP contribution in [-0.2, 0) is 14.3 Å². The van der Waals surface area contributed by atoms with Crippen LogP contribution in [0, 0.1) is 0 Å². The minimum atomic E-state index is -1.06. The van der Waals surface area contributed by atoms with Crippen LogP contribution in [0.15, 0.2) is 66.9 Å². The highest BCUT2D eigenvalue weighted by Gasteiger charge is 2.39. The molecule has 0 fully saturated rings. The molecule has 1 aromatic carbocycles. The lowest BCUT2D eigenvalue weighted by Crippen LogP contribution is -2.56. The van der Waals surface area contributed by atoms with Gasteiger partial charge in [0, 0.05) is 25.9 Å². The average Bonchev–Trinajstić information content (AvgIpc) is 2.71. The van der Waals surface area contributed by atoms with Gasteiger partial charge in [0.25, 0.3) is 5.91 Å². The van der Waals surface area contributed by atoms with Crippen LogP contribution >= 0.6 is 0 Å². The molecule has 8 heteroatoms. The van der Waals surface area contributed by atoms with Crippen LogP contribution in [0.3, 0.4) is 0 Å². The number of benzene rings is 1. The molecular weight excluding hydrogens is 360 g/mol. The van der Waals surface area contributed by atoms with Crippen LogP contribution in [0.4, 0.5) is 5.69 Å². The lowest BCUT2D eigenvalue weighted by molar-refractivity contribution is -0.144. The summed E-state index contributed by atoms with van der Waals surface area (Å²) in [7, 11) is 0. The van der Waals surface area contributed by atoms with Gasteiger partial charge in [-0.3, -0.25) is 19.5 Å². The van der Waals surface area contributed by atoms with E-state index in [1.165, 1.54) is 24.2 Å². The summed E-state index contributed by atoms with van der Waals surface area (Å²) in [5, 5.41) is 2.99. The number of anilines is 1. The van der Waals surface area contributed by atoms with Crippen LogP contribution in [0.25, 0.3) is 0 Å². The van der Waals surface area contributed by atoms with E-state index < -0.39 is 18.0 Å². The maximum atomic E-state index is 12.8. The summed E-state index contributed by atoms with van der Waals surface area (Å²) in [4.78, 5) is 44.2. The van der Waals surface area contributed by atoms with Gasteiger partial charge in [-0.1, -0.05) is 18.2 Å². The monoisotopic (exact) mass is 380 g/mol. The third-order valence-electron chi connectivity index (χ3n) is 4.13. The fraction of sp³-hybridized carbons (Fsp3) is 0.200. The second kappa shape index (κ2) is 8.34. The number of rotatable bonds is 5. The van der Waals surface area contributed by atoms with Gasteiger partial charge in [-0.25, -0.2) is 4.79 Å². The van der Waals surface area contributed by atoms with Gasteiger partial charge in [0.1, 0.15) is 0 Å². The summed E-state index contributed by atoms with van der Waals surface area (Å²) < 4.78 is 5.48. The van der Waals surface area contributed by atoms with E-state index in [1.807, 2.05) is 0 Å². The van der Waals surface area contributed by atoms with E-state index in [0.717, 1.165) is 4.90 Å². The van der Waals surface area contributed by atoms with Crippen molar-refractivity contribution < 1.29 is 19.1 Å². The van der Waals surface area contributed by atoms with Gasteiger partial charge >= 0.3 is 5.97 Å². The fourth-order valence-electron chi connectivity index (χ4n) is 2.77. The number of esters is 1. The van der Waals surface area contributed by atoms with E-state index in [-0.39, 0.29) is 11.8 Å². The van der Waals surface area contributed by atoms with E-state index in [9.17, 15) is 14.4 Å². The van der Waals surface area contributed by atoms with Crippen LogP contribution < -0.4 is 5.32 Å². The van der Waals surface area contributed by atoms with Crippen molar-refractivity contribution in [2.45, 2.75) is 20.0 Å². The van der Waals surface area contributed by atoms with Crippen LogP contribution in [0.2, 0.25) is 0 Å². The first-order chi connectivity index (χ1) is 13.5. The van der Waals surface area contributed by atoms with Crippen molar-refractivity contribution in [3.8, 4) is 0 Å². The molecule has 2 heterocycles. The highest BCUT2D eigenvalue weighted by atomic mass is 16.6. The summed E-state index contributed by atoms with van der Waals surface area (Å²) >= 11 is 0. The first kappa shape index (κ1) is 19.1. The first-order valence-electron chi connectivity index (χ1n) is 8.77. The van der Waals surface area contributed by atoms with Gasteiger partial charge in [0.15, 0.2) is 6.17 Å². The summed E-state index contributed by atoms with van der Waals surface area (Å²) in [6.45, 7) is 3.44. The zero-order valence-electron chi connectivity index (χ0n) is 15.5. The molecule has 1 aliphatic heterocycles. The number of amides is 2. The topological polar surface area (TPSA) is 91.8 Å². The molecule has 2 aromatic rings. The number of hydrogen-bond donors (Lipinski definition) is 1. The predicted molar refractivity (Wildman–Crippen MR) is 101 cm³/mol. The number of pyridine rings is 1. The van der Waals surface area contributed by atoms with Gasteiger partial charge < -0.3 is 15.0 Å². The summed E-state index contributed by atoms with van der Waals surface area (Å²) in [6.07, 6.45) is 3.44. The van der Waals surface area contributed by atoms with Crippen LogP contribution in [0.1, 0.15) is 24.2 Å². The molecule has 1 atom stereocenters. The Morgan fingerprint density at radius 2 is 1.93 bits per heavy atom. The third-order valence-corrected chi connectivity index (χ3v) is 4.13. The Morgan fingerprint density at radius 3 is 2.54 bits per heavy atom. The van der Waals surface area contributed by atoms with Crippen molar-refractivity contribution in [2.75, 3.05) is 11.9 Å². The SMILES string of the molecule is CCN1C=C(OC(=O)c2ccccc2)N(C(C)=O)C(Nc2cccnc2)C1=O. The molecule has 0 spiro atoms. The number of likely N-dealkylation sites (N-methyl/N-ethyl adjacent to an activating group) is 1. The van der Waals surface area contributed by atoms with E-state index in [0.29, 0.717) is 17.8 Å². The summed E-state index contributed by atoms with van der Waals surface area (Å²) in [5.74, 6) is -1.44. The van der Waals surface area contributed by atoms with Crippen molar-refractivity contribution in [1.29, 1.82) is 0 Å². The molecular formula is C20H20N4O4. The minimum absolute atomic E-state index is 0.0239.